The Balaban J connectivity index is 2.59. The van der Waals surface area contributed by atoms with E-state index < -0.39 is 0 Å². The molecule has 0 aromatic heterocycles. The van der Waals surface area contributed by atoms with Crippen molar-refractivity contribution in [3.8, 4) is 0 Å². The Hall–Kier alpha value is -0.960. The third kappa shape index (κ3) is 2.77. The molecule has 74 valence electrons. The van der Waals surface area contributed by atoms with Crippen molar-refractivity contribution in [2.24, 2.45) is 5.92 Å². The van der Waals surface area contributed by atoms with Gasteiger partial charge >= 0.3 is 0 Å². The van der Waals surface area contributed by atoms with Gasteiger partial charge in [-0.2, -0.15) is 0 Å². The Labute approximate surface area is 80.3 Å². The van der Waals surface area contributed by atoms with Gasteiger partial charge in [0.25, 0.3) is 0 Å². The zero-order chi connectivity index (χ0) is 9.68. The van der Waals surface area contributed by atoms with E-state index in [2.05, 4.69) is 28.6 Å². The van der Waals surface area contributed by atoms with Crippen LogP contribution < -0.4 is 16.0 Å². The molecule has 1 atom stereocenters. The van der Waals surface area contributed by atoms with E-state index in [1.807, 2.05) is 14.1 Å². The molecule has 0 spiro atoms. The molecular formula is C10H19N3. The highest BCUT2D eigenvalue weighted by atomic mass is 14.9. The van der Waals surface area contributed by atoms with Crippen molar-refractivity contribution in [3.05, 3.63) is 24.0 Å². The van der Waals surface area contributed by atoms with Gasteiger partial charge in [0.2, 0.25) is 0 Å². The molecule has 3 nitrogen and oxygen atoms in total. The van der Waals surface area contributed by atoms with Gasteiger partial charge in [-0.3, -0.25) is 0 Å². The molecule has 0 aromatic rings. The normalized spacial score (nSPS) is 22.9. The van der Waals surface area contributed by atoms with Crippen molar-refractivity contribution in [1.82, 2.24) is 16.0 Å². The molecule has 0 aromatic carbocycles. The van der Waals surface area contributed by atoms with Crippen LogP contribution in [0.3, 0.4) is 0 Å². The Bertz CT molecular complexity index is 202. The lowest BCUT2D eigenvalue weighted by Gasteiger charge is -2.14. The molecule has 0 radical (unpaired) electrons. The number of likely N-dealkylation sites (N-methyl/N-ethyl adjacent to an activating group) is 1. The summed E-state index contributed by atoms with van der Waals surface area (Å²) in [7, 11) is 3.85. The van der Waals surface area contributed by atoms with Crippen molar-refractivity contribution in [1.29, 1.82) is 0 Å². The predicted octanol–water partition coefficient (Wildman–Crippen LogP) is 0.432. The van der Waals surface area contributed by atoms with Gasteiger partial charge in [-0.25, -0.2) is 0 Å². The van der Waals surface area contributed by atoms with Crippen molar-refractivity contribution in [3.63, 3.8) is 0 Å². The van der Waals surface area contributed by atoms with Gasteiger partial charge in [0, 0.05) is 38.0 Å². The maximum absolute atomic E-state index is 3.88. The van der Waals surface area contributed by atoms with Gasteiger partial charge in [0.15, 0.2) is 0 Å². The van der Waals surface area contributed by atoms with E-state index in [-0.39, 0.29) is 0 Å². The zero-order valence-corrected chi connectivity index (χ0v) is 8.48. The fraction of sp³-hybridized carbons (Fsp3) is 0.600. The molecule has 0 aliphatic carbocycles. The largest absolute Gasteiger partial charge is 0.391 e. The van der Waals surface area contributed by atoms with Crippen molar-refractivity contribution < 1.29 is 0 Å². The minimum atomic E-state index is 0.620. The SMILES string of the molecule is C=C(/C=C(\NC)C1CCNC1)NC. The van der Waals surface area contributed by atoms with Gasteiger partial charge < -0.3 is 16.0 Å². The number of hydrogen-bond donors (Lipinski definition) is 3. The standard InChI is InChI=1S/C10H19N3/c1-8(11-2)6-10(12-3)9-4-5-13-7-9/h6,9,11-13H,1,4-5,7H2,2-3H3/b10-6-. The minimum Gasteiger partial charge on any atom is -0.391 e. The van der Waals surface area contributed by atoms with Gasteiger partial charge in [-0.1, -0.05) is 6.58 Å². The van der Waals surface area contributed by atoms with Gasteiger partial charge in [0.1, 0.15) is 0 Å². The number of rotatable bonds is 4. The van der Waals surface area contributed by atoms with Crippen LogP contribution in [0, 0.1) is 5.92 Å². The number of nitrogens with one attached hydrogen (secondary N) is 3. The van der Waals surface area contributed by atoms with Crippen LogP contribution in [-0.4, -0.2) is 27.2 Å². The Kier molecular flexibility index (Phi) is 3.83. The second-order valence-electron chi connectivity index (χ2n) is 3.31. The number of allylic oxidation sites excluding steroid dienone is 1. The summed E-state index contributed by atoms with van der Waals surface area (Å²) in [6.45, 7) is 6.08. The first kappa shape index (κ1) is 10.1. The van der Waals surface area contributed by atoms with Crippen LogP contribution in [-0.2, 0) is 0 Å². The lowest BCUT2D eigenvalue weighted by Crippen LogP contribution is -2.20. The van der Waals surface area contributed by atoms with Gasteiger partial charge in [-0.15, -0.1) is 0 Å². The van der Waals surface area contributed by atoms with E-state index in [4.69, 9.17) is 0 Å². The second kappa shape index (κ2) is 4.92. The molecule has 1 aliphatic rings. The Morgan fingerprint density at radius 2 is 2.23 bits per heavy atom. The molecule has 1 rings (SSSR count). The third-order valence-corrected chi connectivity index (χ3v) is 2.44. The first-order valence-electron chi connectivity index (χ1n) is 4.74. The summed E-state index contributed by atoms with van der Waals surface area (Å²) in [5.74, 6) is 0.620. The predicted molar refractivity (Wildman–Crippen MR) is 56.3 cm³/mol. The Morgan fingerprint density at radius 3 is 2.69 bits per heavy atom. The summed E-state index contributed by atoms with van der Waals surface area (Å²) < 4.78 is 0. The van der Waals surface area contributed by atoms with Crippen LogP contribution in [0.4, 0.5) is 0 Å². The summed E-state index contributed by atoms with van der Waals surface area (Å²) in [5.41, 5.74) is 2.22. The van der Waals surface area contributed by atoms with Crippen LogP contribution >= 0.6 is 0 Å². The average Bonchev–Trinajstić information content (AvgIpc) is 2.66. The lowest BCUT2D eigenvalue weighted by atomic mass is 10.0. The van der Waals surface area contributed by atoms with Crippen LogP contribution in [0.25, 0.3) is 0 Å². The van der Waals surface area contributed by atoms with Gasteiger partial charge in [0.05, 0.1) is 0 Å². The van der Waals surface area contributed by atoms with Crippen molar-refractivity contribution in [2.45, 2.75) is 6.42 Å². The molecule has 3 N–H and O–H groups in total. The summed E-state index contributed by atoms with van der Waals surface area (Å²) in [5, 5.41) is 9.60. The molecule has 1 heterocycles. The fourth-order valence-electron chi connectivity index (χ4n) is 1.57. The third-order valence-electron chi connectivity index (χ3n) is 2.44. The molecule has 1 fully saturated rings. The van der Waals surface area contributed by atoms with Crippen LogP contribution in [0.1, 0.15) is 6.42 Å². The minimum absolute atomic E-state index is 0.620. The molecule has 1 saturated heterocycles. The molecule has 13 heavy (non-hydrogen) atoms. The molecular weight excluding hydrogens is 162 g/mol. The maximum Gasteiger partial charge on any atom is 0.0281 e. The summed E-state index contributed by atoms with van der Waals surface area (Å²) in [4.78, 5) is 0. The quantitative estimate of drug-likeness (QED) is 0.551. The highest BCUT2D eigenvalue weighted by Crippen LogP contribution is 2.16. The fourth-order valence-corrected chi connectivity index (χ4v) is 1.57. The first-order chi connectivity index (χ1) is 6.27. The molecule has 0 saturated carbocycles. The second-order valence-corrected chi connectivity index (χ2v) is 3.31. The van der Waals surface area contributed by atoms with E-state index in [9.17, 15) is 0 Å². The summed E-state index contributed by atoms with van der Waals surface area (Å²) >= 11 is 0. The van der Waals surface area contributed by atoms with Gasteiger partial charge in [-0.05, 0) is 19.0 Å². The van der Waals surface area contributed by atoms with Crippen LogP contribution in [0.15, 0.2) is 24.0 Å². The first-order valence-corrected chi connectivity index (χ1v) is 4.74. The average molecular weight is 181 g/mol. The molecule has 1 unspecified atom stereocenters. The zero-order valence-electron chi connectivity index (χ0n) is 8.48. The molecule has 3 heteroatoms. The highest BCUT2D eigenvalue weighted by molar-refractivity contribution is 5.20. The van der Waals surface area contributed by atoms with E-state index in [0.29, 0.717) is 5.92 Å². The van der Waals surface area contributed by atoms with Crippen LogP contribution in [0.5, 0.6) is 0 Å². The summed E-state index contributed by atoms with van der Waals surface area (Å²) in [6, 6.07) is 0. The van der Waals surface area contributed by atoms with Crippen molar-refractivity contribution >= 4 is 0 Å². The smallest absolute Gasteiger partial charge is 0.0281 e. The van der Waals surface area contributed by atoms with E-state index in [1.54, 1.807) is 0 Å². The lowest BCUT2D eigenvalue weighted by molar-refractivity contribution is 0.631. The monoisotopic (exact) mass is 181 g/mol. The molecule has 1 aliphatic heterocycles. The number of hydrogen-bond acceptors (Lipinski definition) is 3. The summed E-state index contributed by atoms with van der Waals surface area (Å²) in [6.07, 6.45) is 3.29. The van der Waals surface area contributed by atoms with Crippen molar-refractivity contribution in [2.75, 3.05) is 27.2 Å². The topological polar surface area (TPSA) is 36.1 Å². The maximum atomic E-state index is 3.88. The Morgan fingerprint density at radius 1 is 1.46 bits per heavy atom. The molecule has 0 amide bonds. The molecule has 0 bridgehead atoms. The van der Waals surface area contributed by atoms with E-state index in [0.717, 1.165) is 18.8 Å². The van der Waals surface area contributed by atoms with E-state index >= 15 is 0 Å². The van der Waals surface area contributed by atoms with Crippen LogP contribution in [0.2, 0.25) is 0 Å². The van der Waals surface area contributed by atoms with E-state index in [1.165, 1.54) is 12.1 Å². The highest BCUT2D eigenvalue weighted by Gasteiger charge is 2.17.